The van der Waals surface area contributed by atoms with Crippen LogP contribution in [-0.4, -0.2) is 40.8 Å². The fourth-order valence-corrected chi connectivity index (χ4v) is 2.39. The third-order valence-corrected chi connectivity index (χ3v) is 3.49. The van der Waals surface area contributed by atoms with E-state index in [4.69, 9.17) is 4.74 Å². The Morgan fingerprint density at radius 1 is 1.12 bits per heavy atom. The summed E-state index contributed by atoms with van der Waals surface area (Å²) in [5.74, 6) is 0.915. The number of nitrogens with zero attached hydrogens (tertiary/aromatic N) is 4. The van der Waals surface area contributed by atoms with Crippen LogP contribution in [-0.2, 0) is 4.74 Å². The number of rotatable bonds is 9. The molecule has 0 radical (unpaired) electrons. The van der Waals surface area contributed by atoms with Crippen molar-refractivity contribution in [3.8, 4) is 0 Å². The second-order valence-corrected chi connectivity index (χ2v) is 5.55. The Labute approximate surface area is 148 Å². The molecule has 2 aromatic rings. The fourth-order valence-electron chi connectivity index (χ4n) is 2.39. The van der Waals surface area contributed by atoms with Crippen molar-refractivity contribution >= 4 is 23.4 Å². The molecule has 0 aliphatic heterocycles. The van der Waals surface area contributed by atoms with Crippen molar-refractivity contribution in [2.24, 2.45) is 0 Å². The van der Waals surface area contributed by atoms with Crippen molar-refractivity contribution in [3.63, 3.8) is 0 Å². The van der Waals surface area contributed by atoms with Crippen molar-refractivity contribution in [1.29, 1.82) is 0 Å². The first-order valence-corrected chi connectivity index (χ1v) is 8.66. The van der Waals surface area contributed by atoms with E-state index in [1.807, 2.05) is 12.1 Å². The lowest BCUT2D eigenvalue weighted by atomic mass is 10.2. The molecule has 1 N–H and O–H groups in total. The summed E-state index contributed by atoms with van der Waals surface area (Å²) in [6.45, 7) is 8.20. The first kappa shape index (κ1) is 18.6. The van der Waals surface area contributed by atoms with Crippen LogP contribution in [0.25, 0.3) is 0 Å². The Morgan fingerprint density at radius 3 is 2.40 bits per heavy atom. The molecule has 0 bridgehead atoms. The van der Waals surface area contributed by atoms with Gasteiger partial charge in [-0.1, -0.05) is 13.8 Å². The monoisotopic (exact) mass is 343 g/mol. The van der Waals surface area contributed by atoms with Gasteiger partial charge in [-0.2, -0.15) is 10.1 Å². The van der Waals surface area contributed by atoms with Gasteiger partial charge in [-0.05, 0) is 44.0 Å². The highest BCUT2D eigenvalue weighted by Gasteiger charge is 2.10. The number of benzene rings is 1. The minimum atomic E-state index is -0.324. The first-order valence-electron chi connectivity index (χ1n) is 8.66. The Balaban J connectivity index is 2.09. The molecule has 25 heavy (non-hydrogen) atoms. The minimum Gasteiger partial charge on any atom is -0.462 e. The van der Waals surface area contributed by atoms with E-state index in [2.05, 4.69) is 39.2 Å². The van der Waals surface area contributed by atoms with Crippen molar-refractivity contribution in [2.45, 2.75) is 33.6 Å². The fraction of sp³-hybridized carbons (Fsp3) is 0.444. The van der Waals surface area contributed by atoms with Crippen LogP contribution in [0, 0.1) is 0 Å². The van der Waals surface area contributed by atoms with Gasteiger partial charge in [0.2, 0.25) is 5.95 Å². The standard InChI is InChI=1S/C18H25N5O2/c1-4-11-23(12-5-2)18-21-16(13-19-22-18)20-15-9-7-14(8-10-15)17(24)25-6-3/h7-10,13H,4-6,11-12H2,1-3H3,(H,20,21,22). The number of ether oxygens (including phenoxy) is 1. The zero-order valence-corrected chi connectivity index (χ0v) is 15.0. The summed E-state index contributed by atoms with van der Waals surface area (Å²) in [6.07, 6.45) is 3.63. The van der Waals surface area contributed by atoms with Gasteiger partial charge < -0.3 is 15.0 Å². The topological polar surface area (TPSA) is 80.2 Å². The molecule has 1 aromatic carbocycles. The van der Waals surface area contributed by atoms with Gasteiger partial charge in [0.15, 0.2) is 5.82 Å². The van der Waals surface area contributed by atoms with E-state index in [0.29, 0.717) is 23.9 Å². The maximum atomic E-state index is 11.7. The van der Waals surface area contributed by atoms with Gasteiger partial charge in [0.25, 0.3) is 0 Å². The number of anilines is 3. The number of aromatic nitrogens is 3. The van der Waals surface area contributed by atoms with Crippen LogP contribution in [0.15, 0.2) is 30.5 Å². The third kappa shape index (κ3) is 5.41. The van der Waals surface area contributed by atoms with Gasteiger partial charge in [0, 0.05) is 18.8 Å². The van der Waals surface area contributed by atoms with Crippen LogP contribution in [0.2, 0.25) is 0 Å². The molecular weight excluding hydrogens is 318 g/mol. The minimum absolute atomic E-state index is 0.324. The lowest BCUT2D eigenvalue weighted by Gasteiger charge is -2.21. The molecule has 1 heterocycles. The van der Waals surface area contributed by atoms with Crippen LogP contribution in [0.4, 0.5) is 17.5 Å². The van der Waals surface area contributed by atoms with E-state index in [9.17, 15) is 4.79 Å². The number of hydrogen-bond acceptors (Lipinski definition) is 7. The molecule has 0 atom stereocenters. The lowest BCUT2D eigenvalue weighted by Crippen LogP contribution is -2.27. The number of esters is 1. The average Bonchev–Trinajstić information content (AvgIpc) is 2.62. The summed E-state index contributed by atoms with van der Waals surface area (Å²) < 4.78 is 4.98. The van der Waals surface area contributed by atoms with E-state index in [-0.39, 0.29) is 5.97 Å². The summed E-state index contributed by atoms with van der Waals surface area (Å²) >= 11 is 0. The van der Waals surface area contributed by atoms with E-state index < -0.39 is 0 Å². The summed E-state index contributed by atoms with van der Waals surface area (Å²) in [5, 5.41) is 11.4. The van der Waals surface area contributed by atoms with Crippen molar-refractivity contribution in [3.05, 3.63) is 36.0 Å². The largest absolute Gasteiger partial charge is 0.462 e. The van der Waals surface area contributed by atoms with Gasteiger partial charge in [0.1, 0.15) is 0 Å². The highest BCUT2D eigenvalue weighted by Crippen LogP contribution is 2.17. The summed E-state index contributed by atoms with van der Waals surface area (Å²) in [6, 6.07) is 7.06. The molecular formula is C18H25N5O2. The average molecular weight is 343 g/mol. The molecule has 0 saturated heterocycles. The number of carbonyl (C=O) groups excluding carboxylic acids is 1. The summed E-state index contributed by atoms with van der Waals surface area (Å²) in [7, 11) is 0. The van der Waals surface area contributed by atoms with Crippen molar-refractivity contribution < 1.29 is 9.53 Å². The Hall–Kier alpha value is -2.70. The molecule has 0 unspecified atom stereocenters. The summed E-state index contributed by atoms with van der Waals surface area (Å²) in [5.41, 5.74) is 1.34. The molecule has 0 saturated carbocycles. The van der Waals surface area contributed by atoms with Gasteiger partial charge in [-0.15, -0.1) is 5.10 Å². The highest BCUT2D eigenvalue weighted by atomic mass is 16.5. The van der Waals surface area contributed by atoms with Crippen LogP contribution in [0.1, 0.15) is 44.0 Å². The van der Waals surface area contributed by atoms with E-state index in [1.54, 1.807) is 25.3 Å². The molecule has 134 valence electrons. The number of carbonyl (C=O) groups is 1. The van der Waals surface area contributed by atoms with Gasteiger partial charge in [0.05, 0.1) is 18.4 Å². The van der Waals surface area contributed by atoms with Crippen LogP contribution in [0.3, 0.4) is 0 Å². The Bertz CT molecular complexity index is 669. The quantitative estimate of drug-likeness (QED) is 0.699. The zero-order valence-electron chi connectivity index (χ0n) is 15.0. The SMILES string of the molecule is CCCN(CCC)c1nncc(Nc2ccc(C(=O)OCC)cc2)n1. The van der Waals surface area contributed by atoms with Crippen LogP contribution < -0.4 is 10.2 Å². The predicted octanol–water partition coefficient (Wildman–Crippen LogP) is 3.42. The second-order valence-electron chi connectivity index (χ2n) is 5.55. The van der Waals surface area contributed by atoms with E-state index in [1.165, 1.54) is 0 Å². The maximum Gasteiger partial charge on any atom is 0.338 e. The molecule has 2 rings (SSSR count). The number of hydrogen-bond donors (Lipinski definition) is 1. The molecule has 7 nitrogen and oxygen atoms in total. The normalized spacial score (nSPS) is 10.4. The molecule has 0 aliphatic rings. The summed E-state index contributed by atoms with van der Waals surface area (Å²) in [4.78, 5) is 18.3. The van der Waals surface area contributed by atoms with Crippen molar-refractivity contribution in [2.75, 3.05) is 29.9 Å². The Kier molecular flexibility index (Phi) is 7.13. The second kappa shape index (κ2) is 9.56. The third-order valence-electron chi connectivity index (χ3n) is 3.49. The Morgan fingerprint density at radius 2 is 1.80 bits per heavy atom. The highest BCUT2D eigenvalue weighted by molar-refractivity contribution is 5.89. The first-order chi connectivity index (χ1) is 12.2. The lowest BCUT2D eigenvalue weighted by molar-refractivity contribution is 0.0526. The smallest absolute Gasteiger partial charge is 0.338 e. The maximum absolute atomic E-state index is 11.7. The van der Waals surface area contributed by atoms with Gasteiger partial charge in [-0.3, -0.25) is 0 Å². The zero-order chi connectivity index (χ0) is 18.1. The van der Waals surface area contributed by atoms with Crippen molar-refractivity contribution in [1.82, 2.24) is 15.2 Å². The molecule has 0 spiro atoms. The van der Waals surface area contributed by atoms with Gasteiger partial charge >= 0.3 is 5.97 Å². The van der Waals surface area contributed by atoms with Gasteiger partial charge in [-0.25, -0.2) is 4.79 Å². The van der Waals surface area contributed by atoms with E-state index >= 15 is 0 Å². The molecule has 1 aromatic heterocycles. The number of nitrogens with one attached hydrogen (secondary N) is 1. The van der Waals surface area contributed by atoms with E-state index in [0.717, 1.165) is 31.6 Å². The molecule has 0 fully saturated rings. The molecule has 0 amide bonds. The molecule has 0 aliphatic carbocycles. The van der Waals surface area contributed by atoms with Crippen LogP contribution >= 0.6 is 0 Å². The predicted molar refractivity (Wildman–Crippen MR) is 98.3 cm³/mol. The molecule has 7 heteroatoms. The van der Waals surface area contributed by atoms with Crippen LogP contribution in [0.5, 0.6) is 0 Å².